The minimum Gasteiger partial charge on any atom is -0.408 e. The number of nitriles is 1. The maximum absolute atomic E-state index is 13.6. The summed E-state index contributed by atoms with van der Waals surface area (Å²) in [6.45, 7) is 0. The summed E-state index contributed by atoms with van der Waals surface area (Å²) >= 11 is 0. The van der Waals surface area contributed by atoms with E-state index < -0.39 is 11.6 Å². The molecule has 0 bridgehead atoms. The first-order valence-corrected chi connectivity index (χ1v) is 5.96. The van der Waals surface area contributed by atoms with Crippen molar-refractivity contribution in [3.05, 3.63) is 52.3 Å². The molecule has 7 heteroatoms. The van der Waals surface area contributed by atoms with Crippen LogP contribution in [0.15, 0.2) is 39.5 Å². The fourth-order valence-electron chi connectivity index (χ4n) is 2.01. The van der Waals surface area contributed by atoms with Crippen molar-refractivity contribution >= 4 is 28.2 Å². The monoisotopic (exact) mass is 284 g/mol. The molecule has 0 amide bonds. The van der Waals surface area contributed by atoms with Gasteiger partial charge < -0.3 is 15.5 Å². The lowest BCUT2D eigenvalue weighted by Gasteiger charge is -2.10. The summed E-state index contributed by atoms with van der Waals surface area (Å²) < 4.78 is 18.4. The third-order valence-corrected chi connectivity index (χ3v) is 2.99. The van der Waals surface area contributed by atoms with Crippen LogP contribution in [0.2, 0.25) is 0 Å². The van der Waals surface area contributed by atoms with Crippen molar-refractivity contribution in [2.75, 3.05) is 11.1 Å². The smallest absolute Gasteiger partial charge is 0.408 e. The Kier molecular flexibility index (Phi) is 2.84. The van der Waals surface area contributed by atoms with Crippen molar-refractivity contribution in [1.29, 1.82) is 5.26 Å². The van der Waals surface area contributed by atoms with E-state index in [-0.39, 0.29) is 11.3 Å². The summed E-state index contributed by atoms with van der Waals surface area (Å²) in [4.78, 5) is 13.6. The van der Waals surface area contributed by atoms with Crippen LogP contribution in [0.5, 0.6) is 0 Å². The second-order valence-corrected chi connectivity index (χ2v) is 4.35. The van der Waals surface area contributed by atoms with Crippen LogP contribution in [0.1, 0.15) is 5.56 Å². The molecule has 0 saturated carbocycles. The number of aromatic nitrogens is 1. The molecule has 0 atom stereocenters. The average Bonchev–Trinajstić information content (AvgIpc) is 2.78. The second kappa shape index (κ2) is 4.68. The first kappa shape index (κ1) is 12.7. The molecule has 104 valence electrons. The van der Waals surface area contributed by atoms with Gasteiger partial charge in [-0.25, -0.2) is 9.18 Å². The van der Waals surface area contributed by atoms with E-state index in [1.807, 2.05) is 0 Å². The third-order valence-electron chi connectivity index (χ3n) is 2.99. The summed E-state index contributed by atoms with van der Waals surface area (Å²) in [5, 5.41) is 11.9. The largest absolute Gasteiger partial charge is 0.417 e. The lowest BCUT2D eigenvalue weighted by Crippen LogP contribution is -1.99. The predicted molar refractivity (Wildman–Crippen MR) is 75.6 cm³/mol. The zero-order valence-electron chi connectivity index (χ0n) is 10.6. The number of hydrogen-bond acceptors (Lipinski definition) is 5. The van der Waals surface area contributed by atoms with E-state index in [1.165, 1.54) is 18.2 Å². The second-order valence-electron chi connectivity index (χ2n) is 4.35. The zero-order valence-corrected chi connectivity index (χ0v) is 10.6. The highest BCUT2D eigenvalue weighted by molar-refractivity contribution is 5.87. The van der Waals surface area contributed by atoms with Gasteiger partial charge in [0.2, 0.25) is 0 Å². The van der Waals surface area contributed by atoms with Gasteiger partial charge in [0, 0.05) is 6.07 Å². The summed E-state index contributed by atoms with van der Waals surface area (Å²) in [7, 11) is 0. The molecule has 6 nitrogen and oxygen atoms in total. The fourth-order valence-corrected chi connectivity index (χ4v) is 2.01. The molecule has 4 N–H and O–H groups in total. The highest BCUT2D eigenvalue weighted by Gasteiger charge is 2.11. The van der Waals surface area contributed by atoms with Crippen LogP contribution in [0, 0.1) is 17.1 Å². The Labute approximate surface area is 117 Å². The Morgan fingerprint density at radius 3 is 2.90 bits per heavy atom. The van der Waals surface area contributed by atoms with Crippen molar-refractivity contribution in [2.24, 2.45) is 0 Å². The topological polar surface area (TPSA) is 108 Å². The van der Waals surface area contributed by atoms with Crippen molar-refractivity contribution in [1.82, 2.24) is 4.98 Å². The van der Waals surface area contributed by atoms with Gasteiger partial charge in [-0.2, -0.15) is 5.26 Å². The minimum atomic E-state index is -0.626. The number of nitrogens with two attached hydrogens (primary N) is 1. The maximum Gasteiger partial charge on any atom is 0.417 e. The number of fused-ring (bicyclic) bond motifs is 1. The number of benzene rings is 2. The molecule has 0 spiro atoms. The van der Waals surface area contributed by atoms with E-state index in [9.17, 15) is 9.18 Å². The van der Waals surface area contributed by atoms with Gasteiger partial charge in [0.1, 0.15) is 17.4 Å². The van der Waals surface area contributed by atoms with Crippen molar-refractivity contribution in [3.63, 3.8) is 0 Å². The Hall–Kier alpha value is -3.27. The van der Waals surface area contributed by atoms with Gasteiger partial charge in [0.15, 0.2) is 5.58 Å². The van der Waals surface area contributed by atoms with Crippen LogP contribution >= 0.6 is 0 Å². The highest BCUT2D eigenvalue weighted by atomic mass is 19.1. The quantitative estimate of drug-likeness (QED) is 0.626. The minimum absolute atomic E-state index is 0.113. The van der Waals surface area contributed by atoms with Crippen LogP contribution in [0.4, 0.5) is 21.5 Å². The molecule has 2 aromatic carbocycles. The zero-order chi connectivity index (χ0) is 15.0. The lowest BCUT2D eigenvalue weighted by molar-refractivity contribution is 0.555. The van der Waals surface area contributed by atoms with Crippen molar-refractivity contribution in [3.8, 4) is 6.07 Å². The molecule has 1 heterocycles. The van der Waals surface area contributed by atoms with E-state index in [4.69, 9.17) is 15.4 Å². The van der Waals surface area contributed by atoms with Crippen molar-refractivity contribution in [2.45, 2.75) is 0 Å². The summed E-state index contributed by atoms with van der Waals surface area (Å²) in [5.41, 5.74) is 7.54. The van der Waals surface area contributed by atoms with E-state index in [2.05, 4.69) is 10.3 Å². The van der Waals surface area contributed by atoms with Gasteiger partial charge in [-0.05, 0) is 18.2 Å². The molecule has 0 saturated heterocycles. The number of hydrogen-bond donors (Lipinski definition) is 3. The highest BCUT2D eigenvalue weighted by Crippen LogP contribution is 2.29. The molecule has 0 aliphatic rings. The molecule has 21 heavy (non-hydrogen) atoms. The van der Waals surface area contributed by atoms with Crippen molar-refractivity contribution < 1.29 is 8.81 Å². The van der Waals surface area contributed by atoms with Crippen LogP contribution in [-0.2, 0) is 0 Å². The fraction of sp³-hybridized carbons (Fsp3) is 0. The van der Waals surface area contributed by atoms with Gasteiger partial charge >= 0.3 is 5.76 Å². The van der Waals surface area contributed by atoms with Gasteiger partial charge in [-0.1, -0.05) is 6.07 Å². The number of oxazole rings is 1. The van der Waals surface area contributed by atoms with Crippen LogP contribution < -0.4 is 16.8 Å². The SMILES string of the molecule is N#Cc1c(F)cccc1Nc1cc2[nH]c(=O)oc2cc1N. The van der Waals surface area contributed by atoms with Crippen LogP contribution in [0.25, 0.3) is 11.1 Å². The van der Waals surface area contributed by atoms with Crippen LogP contribution in [-0.4, -0.2) is 4.98 Å². The molecule has 3 rings (SSSR count). The Morgan fingerprint density at radius 2 is 2.14 bits per heavy atom. The van der Waals surface area contributed by atoms with E-state index in [0.717, 1.165) is 0 Å². The normalized spacial score (nSPS) is 10.5. The molecular formula is C14H9FN4O2. The third kappa shape index (κ3) is 2.19. The number of halogens is 1. The molecule has 0 radical (unpaired) electrons. The molecule has 0 aliphatic carbocycles. The predicted octanol–water partition coefficient (Wildman–Crippen LogP) is 2.46. The Balaban J connectivity index is 2.10. The number of rotatable bonds is 2. The lowest BCUT2D eigenvalue weighted by atomic mass is 10.1. The van der Waals surface area contributed by atoms with E-state index in [0.29, 0.717) is 22.5 Å². The first-order valence-electron chi connectivity index (χ1n) is 5.96. The van der Waals surface area contributed by atoms with E-state index in [1.54, 1.807) is 18.2 Å². The molecule has 1 aromatic heterocycles. The first-order chi connectivity index (χ1) is 10.1. The summed E-state index contributed by atoms with van der Waals surface area (Å²) in [5.74, 6) is -1.22. The van der Waals surface area contributed by atoms with Gasteiger partial charge in [0.05, 0.1) is 22.6 Å². The van der Waals surface area contributed by atoms with Gasteiger partial charge in [-0.3, -0.25) is 4.98 Å². The number of nitrogen functional groups attached to an aromatic ring is 1. The van der Waals surface area contributed by atoms with E-state index >= 15 is 0 Å². The molecule has 0 aliphatic heterocycles. The number of nitrogens with zero attached hydrogens (tertiary/aromatic N) is 1. The summed E-state index contributed by atoms with van der Waals surface area (Å²) in [6.07, 6.45) is 0. The van der Waals surface area contributed by atoms with Crippen LogP contribution in [0.3, 0.4) is 0 Å². The summed E-state index contributed by atoms with van der Waals surface area (Å²) in [6, 6.07) is 9.06. The molecule has 0 fully saturated rings. The van der Waals surface area contributed by atoms with Gasteiger partial charge in [0.25, 0.3) is 0 Å². The maximum atomic E-state index is 13.6. The Morgan fingerprint density at radius 1 is 1.33 bits per heavy atom. The standard InChI is InChI=1S/C14H9FN4O2/c15-8-2-1-3-10(7(8)6-16)18-11-5-12-13(4-9(11)17)21-14(20)19-12/h1-5,18H,17H2,(H,19,20). The number of aromatic amines is 1. The Bertz CT molecular complexity index is 936. The van der Waals surface area contributed by atoms with Gasteiger partial charge in [-0.15, -0.1) is 0 Å². The number of nitrogens with one attached hydrogen (secondary N) is 2. The average molecular weight is 284 g/mol. The number of anilines is 3. The number of H-pyrrole nitrogens is 1. The molecular weight excluding hydrogens is 275 g/mol. The molecule has 3 aromatic rings. The molecule has 0 unspecified atom stereocenters.